The van der Waals surface area contributed by atoms with Gasteiger partial charge in [0.2, 0.25) is 0 Å². The number of fused-ring (bicyclic) bond motifs is 1. The van der Waals surface area contributed by atoms with Crippen molar-refractivity contribution in [2.75, 3.05) is 0 Å². The van der Waals surface area contributed by atoms with Gasteiger partial charge in [0, 0.05) is 35.9 Å². The van der Waals surface area contributed by atoms with Crippen LogP contribution in [0.1, 0.15) is 23.2 Å². The quantitative estimate of drug-likeness (QED) is 0.272. The van der Waals surface area contributed by atoms with Crippen LogP contribution < -0.4 is 17.0 Å². The SMILES string of the molecule is CCc1cc2c(=O)n(CCn3ccnc3CO)c(=O)n(Cc3ccc(-c4ccccc4-c4noc(=O)[nH]4)cc3)c2s1. The number of H-pyrrole nitrogens is 1. The van der Waals surface area contributed by atoms with Gasteiger partial charge in [0.05, 0.1) is 11.9 Å². The standard InChI is InChI=1S/C29H26N6O5S/c1-2-20-15-23-26(37)34(14-13-33-12-11-30-24(33)17-36)29(39)35(27(23)41-20)16-18-7-9-19(10-8-18)21-5-3-4-6-22(21)25-31-28(38)40-32-25/h3-12,15,36H,2,13-14,16-17H2,1H3,(H,31,32,38). The van der Waals surface area contributed by atoms with E-state index in [0.717, 1.165) is 33.6 Å². The van der Waals surface area contributed by atoms with E-state index in [1.807, 2.05) is 61.5 Å². The number of aryl methyl sites for hydroxylation is 2. The average Bonchev–Trinajstić information content (AvgIpc) is 3.75. The first kappa shape index (κ1) is 26.4. The second-order valence-corrected chi connectivity index (χ2v) is 10.6. The van der Waals surface area contributed by atoms with Gasteiger partial charge in [-0.25, -0.2) is 14.6 Å². The van der Waals surface area contributed by atoms with Crippen molar-refractivity contribution in [1.82, 2.24) is 28.8 Å². The van der Waals surface area contributed by atoms with Crippen LogP contribution in [0.2, 0.25) is 0 Å². The molecule has 11 nitrogen and oxygen atoms in total. The Balaban J connectivity index is 1.36. The first-order valence-electron chi connectivity index (χ1n) is 13.1. The Labute approximate surface area is 236 Å². The van der Waals surface area contributed by atoms with Crippen LogP contribution in [0, 0.1) is 0 Å². The number of aromatic nitrogens is 6. The maximum Gasteiger partial charge on any atom is 0.439 e. The molecule has 41 heavy (non-hydrogen) atoms. The Morgan fingerprint density at radius 2 is 1.78 bits per heavy atom. The number of aromatic amines is 1. The van der Waals surface area contributed by atoms with E-state index in [9.17, 15) is 19.5 Å². The molecule has 0 saturated carbocycles. The Kier molecular flexibility index (Phi) is 7.08. The van der Waals surface area contributed by atoms with E-state index in [2.05, 4.69) is 19.6 Å². The summed E-state index contributed by atoms with van der Waals surface area (Å²) in [5.74, 6) is 0.193. The highest BCUT2D eigenvalue weighted by Crippen LogP contribution is 2.30. The van der Waals surface area contributed by atoms with Crippen LogP contribution in [-0.2, 0) is 32.7 Å². The van der Waals surface area contributed by atoms with Gasteiger partial charge in [0.25, 0.3) is 5.56 Å². The summed E-state index contributed by atoms with van der Waals surface area (Å²) in [4.78, 5) is 47.0. The topological polar surface area (TPSA) is 141 Å². The van der Waals surface area contributed by atoms with Crippen molar-refractivity contribution in [3.8, 4) is 22.5 Å². The minimum Gasteiger partial charge on any atom is -0.388 e. The number of imidazole rings is 1. The van der Waals surface area contributed by atoms with Crippen LogP contribution >= 0.6 is 11.3 Å². The van der Waals surface area contributed by atoms with Crippen LogP contribution in [0.15, 0.2) is 85.9 Å². The number of thiophene rings is 1. The first-order valence-corrected chi connectivity index (χ1v) is 13.9. The van der Waals surface area contributed by atoms with Gasteiger partial charge in [0.1, 0.15) is 17.3 Å². The summed E-state index contributed by atoms with van der Waals surface area (Å²) in [6, 6.07) is 17.2. The number of hydrogen-bond acceptors (Lipinski definition) is 8. The zero-order valence-electron chi connectivity index (χ0n) is 22.1. The molecule has 6 rings (SSSR count). The summed E-state index contributed by atoms with van der Waals surface area (Å²) in [6.07, 6.45) is 4.05. The molecule has 6 aromatic rings. The highest BCUT2D eigenvalue weighted by atomic mass is 32.1. The third kappa shape index (κ3) is 4.98. The van der Waals surface area contributed by atoms with Crippen molar-refractivity contribution in [2.45, 2.75) is 39.6 Å². The predicted octanol–water partition coefficient (Wildman–Crippen LogP) is 3.23. The van der Waals surface area contributed by atoms with Crippen molar-refractivity contribution < 1.29 is 9.63 Å². The molecule has 0 amide bonds. The molecule has 2 N–H and O–H groups in total. The lowest BCUT2D eigenvalue weighted by Crippen LogP contribution is -2.40. The molecule has 0 aliphatic rings. The summed E-state index contributed by atoms with van der Waals surface area (Å²) in [5.41, 5.74) is 2.68. The molecule has 0 spiro atoms. The van der Waals surface area contributed by atoms with E-state index < -0.39 is 5.76 Å². The second kappa shape index (κ2) is 11.0. The highest BCUT2D eigenvalue weighted by Gasteiger charge is 2.17. The van der Waals surface area contributed by atoms with Gasteiger partial charge in [0.15, 0.2) is 5.82 Å². The number of hydrogen-bond donors (Lipinski definition) is 2. The van der Waals surface area contributed by atoms with E-state index in [1.165, 1.54) is 15.9 Å². The monoisotopic (exact) mass is 570 g/mol. The molecule has 0 aliphatic carbocycles. The fraction of sp³-hybridized carbons (Fsp3) is 0.207. The van der Waals surface area contributed by atoms with E-state index >= 15 is 0 Å². The molecule has 0 fully saturated rings. The van der Waals surface area contributed by atoms with E-state index in [0.29, 0.717) is 28.4 Å². The van der Waals surface area contributed by atoms with Crippen LogP contribution in [0.4, 0.5) is 0 Å². The number of aliphatic hydroxyl groups is 1. The second-order valence-electron chi connectivity index (χ2n) is 9.49. The van der Waals surface area contributed by atoms with Crippen molar-refractivity contribution >= 4 is 21.6 Å². The van der Waals surface area contributed by atoms with Gasteiger partial charge in [-0.1, -0.05) is 60.6 Å². The molecule has 0 saturated heterocycles. The fourth-order valence-electron chi connectivity index (χ4n) is 4.92. The van der Waals surface area contributed by atoms with E-state index in [1.54, 1.807) is 21.5 Å². The number of nitrogens with zero attached hydrogens (tertiary/aromatic N) is 5. The molecular weight excluding hydrogens is 544 g/mol. The van der Waals surface area contributed by atoms with Gasteiger partial charge in [-0.2, -0.15) is 0 Å². The maximum atomic E-state index is 13.7. The van der Waals surface area contributed by atoms with Crippen molar-refractivity contribution in [1.29, 1.82) is 0 Å². The van der Waals surface area contributed by atoms with E-state index in [4.69, 9.17) is 0 Å². The number of benzene rings is 2. The normalized spacial score (nSPS) is 11.5. The molecule has 0 radical (unpaired) electrons. The number of rotatable bonds is 9. The van der Waals surface area contributed by atoms with Gasteiger partial charge < -0.3 is 9.67 Å². The van der Waals surface area contributed by atoms with Crippen molar-refractivity contribution in [3.05, 3.63) is 115 Å². The lowest BCUT2D eigenvalue weighted by atomic mass is 9.98. The summed E-state index contributed by atoms with van der Waals surface area (Å²) >= 11 is 1.46. The van der Waals surface area contributed by atoms with Crippen LogP contribution in [0.3, 0.4) is 0 Å². The molecule has 2 aromatic carbocycles. The van der Waals surface area contributed by atoms with Gasteiger partial charge in [-0.3, -0.25) is 23.4 Å². The highest BCUT2D eigenvalue weighted by molar-refractivity contribution is 7.18. The fourth-order valence-corrected chi connectivity index (χ4v) is 6.00. The number of aliphatic hydroxyl groups excluding tert-OH is 1. The molecule has 0 bridgehead atoms. The Morgan fingerprint density at radius 1 is 1.00 bits per heavy atom. The lowest BCUT2D eigenvalue weighted by Gasteiger charge is -2.14. The zero-order chi connectivity index (χ0) is 28.5. The minimum absolute atomic E-state index is 0.147. The largest absolute Gasteiger partial charge is 0.439 e. The first-order chi connectivity index (χ1) is 20.0. The average molecular weight is 571 g/mol. The van der Waals surface area contributed by atoms with Gasteiger partial charge in [-0.15, -0.1) is 11.3 Å². The molecule has 0 aliphatic heterocycles. The molecule has 12 heteroatoms. The minimum atomic E-state index is -0.623. The zero-order valence-corrected chi connectivity index (χ0v) is 22.9. The molecule has 0 atom stereocenters. The summed E-state index contributed by atoms with van der Waals surface area (Å²) in [5, 5.41) is 13.9. The van der Waals surface area contributed by atoms with Gasteiger partial charge >= 0.3 is 11.4 Å². The maximum absolute atomic E-state index is 13.7. The smallest absolute Gasteiger partial charge is 0.388 e. The Bertz CT molecular complexity index is 2030. The molecule has 4 aromatic heterocycles. The lowest BCUT2D eigenvalue weighted by molar-refractivity contribution is 0.264. The molecule has 4 heterocycles. The molecular formula is C29H26N6O5S. The van der Waals surface area contributed by atoms with Crippen LogP contribution in [0.25, 0.3) is 32.7 Å². The third-order valence-electron chi connectivity index (χ3n) is 7.03. The van der Waals surface area contributed by atoms with Gasteiger partial charge in [-0.05, 0) is 29.2 Å². The van der Waals surface area contributed by atoms with Crippen LogP contribution in [-0.4, -0.2) is 33.9 Å². The van der Waals surface area contributed by atoms with Crippen molar-refractivity contribution in [2.24, 2.45) is 0 Å². The summed E-state index contributed by atoms with van der Waals surface area (Å²) in [6.45, 7) is 2.55. The van der Waals surface area contributed by atoms with E-state index in [-0.39, 0.29) is 30.9 Å². The summed E-state index contributed by atoms with van der Waals surface area (Å²) in [7, 11) is 0. The Hall–Kier alpha value is -4.81. The molecule has 0 unspecified atom stereocenters. The molecule has 208 valence electrons. The third-order valence-corrected chi connectivity index (χ3v) is 8.33. The Morgan fingerprint density at radius 3 is 2.49 bits per heavy atom. The van der Waals surface area contributed by atoms with Crippen molar-refractivity contribution in [3.63, 3.8) is 0 Å². The van der Waals surface area contributed by atoms with Crippen LogP contribution in [0.5, 0.6) is 0 Å². The predicted molar refractivity (Wildman–Crippen MR) is 155 cm³/mol. The summed E-state index contributed by atoms with van der Waals surface area (Å²) < 4.78 is 9.34. The number of nitrogens with one attached hydrogen (secondary N) is 1.